The highest BCUT2D eigenvalue weighted by molar-refractivity contribution is 9.10. The Labute approximate surface area is 213 Å². The molecule has 1 N–H and O–H groups in total. The van der Waals surface area contributed by atoms with Crippen molar-refractivity contribution in [1.82, 2.24) is 4.98 Å². The minimum Gasteiger partial charge on any atom is -0.454 e. The first-order valence-corrected chi connectivity index (χ1v) is 12.5. The highest BCUT2D eigenvalue weighted by atomic mass is 79.9. The van der Waals surface area contributed by atoms with Crippen molar-refractivity contribution in [3.8, 4) is 0 Å². The van der Waals surface area contributed by atoms with Crippen molar-refractivity contribution in [2.45, 2.75) is 18.9 Å². The fraction of sp³-hybridized carbons (Fsp3) is 0.115. The summed E-state index contributed by atoms with van der Waals surface area (Å²) in [6.45, 7) is 0. The summed E-state index contributed by atoms with van der Waals surface area (Å²) in [5.74, 6) is -0.648. The highest BCUT2D eigenvalue weighted by Gasteiger charge is 2.28. The topological polar surface area (TPSA) is 68.3 Å². The van der Waals surface area contributed by atoms with Gasteiger partial charge in [0.1, 0.15) is 6.10 Å². The van der Waals surface area contributed by atoms with Crippen molar-refractivity contribution >= 4 is 55.9 Å². The number of nitrogens with one attached hydrogen (secondary N) is 1. The van der Waals surface area contributed by atoms with Crippen LogP contribution < -0.4 is 5.32 Å². The number of hydrogen-bond donors (Lipinski definition) is 1. The van der Waals surface area contributed by atoms with Gasteiger partial charge in [0.2, 0.25) is 0 Å². The van der Waals surface area contributed by atoms with Gasteiger partial charge in [-0.2, -0.15) is 0 Å². The molecule has 0 spiro atoms. The summed E-state index contributed by atoms with van der Waals surface area (Å²) in [6.07, 6.45) is 2.57. The van der Waals surface area contributed by atoms with E-state index in [-0.39, 0.29) is 18.0 Å². The Bertz CT molecular complexity index is 1390. The van der Waals surface area contributed by atoms with Crippen LogP contribution in [-0.4, -0.2) is 16.9 Å². The number of esters is 1. The standard InChI is InChI=1S/C26H18BrClN2O3S/c27-21-9-6-15(11-22(21)28)10-19-14-29-26(34-19)30-24(31)17-7-8-20-18(12-17)13-23(33-25(20)32)16-4-2-1-3-5-16/h1-9,11-12,14,23H,10,13H2,(H,29,30,31). The molecule has 3 aromatic carbocycles. The van der Waals surface area contributed by atoms with Crippen molar-refractivity contribution in [3.63, 3.8) is 0 Å². The Morgan fingerprint density at radius 3 is 2.76 bits per heavy atom. The molecule has 5 rings (SSSR count). The maximum Gasteiger partial charge on any atom is 0.339 e. The Morgan fingerprint density at radius 1 is 1.15 bits per heavy atom. The van der Waals surface area contributed by atoms with Crippen LogP contribution in [0.5, 0.6) is 0 Å². The number of aromatic nitrogens is 1. The number of benzene rings is 3. The molecule has 2 heterocycles. The van der Waals surface area contributed by atoms with Crippen molar-refractivity contribution in [2.24, 2.45) is 0 Å². The molecule has 5 nitrogen and oxygen atoms in total. The first-order valence-electron chi connectivity index (χ1n) is 10.5. The van der Waals surface area contributed by atoms with E-state index < -0.39 is 0 Å². The number of cyclic esters (lactones) is 1. The first-order chi connectivity index (χ1) is 16.5. The molecular formula is C26H18BrClN2O3S. The molecule has 0 saturated carbocycles. The van der Waals surface area contributed by atoms with Crippen molar-refractivity contribution < 1.29 is 14.3 Å². The molecule has 0 aliphatic carbocycles. The summed E-state index contributed by atoms with van der Waals surface area (Å²) in [6, 6.07) is 20.5. The quantitative estimate of drug-likeness (QED) is 0.274. The maximum absolute atomic E-state index is 12.9. The molecule has 170 valence electrons. The molecule has 1 aliphatic heterocycles. The minimum atomic E-state index is -0.375. The first kappa shape index (κ1) is 22.8. The third-order valence-electron chi connectivity index (χ3n) is 5.55. The molecule has 1 atom stereocenters. The van der Waals surface area contributed by atoms with Gasteiger partial charge >= 0.3 is 5.97 Å². The van der Waals surface area contributed by atoms with E-state index in [0.29, 0.717) is 34.1 Å². The van der Waals surface area contributed by atoms with Crippen LogP contribution in [0.1, 0.15) is 48.4 Å². The molecule has 34 heavy (non-hydrogen) atoms. The van der Waals surface area contributed by atoms with Gasteiger partial charge in [-0.05, 0) is 63.0 Å². The third-order valence-corrected chi connectivity index (χ3v) is 7.69. The number of ether oxygens (including phenoxy) is 1. The smallest absolute Gasteiger partial charge is 0.339 e. The fourth-order valence-electron chi connectivity index (χ4n) is 3.86. The molecule has 8 heteroatoms. The predicted molar refractivity (Wildman–Crippen MR) is 137 cm³/mol. The third kappa shape index (κ3) is 4.92. The SMILES string of the molecule is O=C(Nc1ncc(Cc2ccc(Br)c(Cl)c2)s1)c1ccc2c(c1)CC(c1ccccc1)OC2=O. The van der Waals surface area contributed by atoms with Crippen molar-refractivity contribution in [3.05, 3.63) is 115 Å². The normalized spacial score (nSPS) is 14.9. The lowest BCUT2D eigenvalue weighted by Crippen LogP contribution is -2.23. The number of hydrogen-bond acceptors (Lipinski definition) is 5. The van der Waals surface area contributed by atoms with Gasteiger partial charge in [-0.15, -0.1) is 11.3 Å². The van der Waals surface area contributed by atoms with Gasteiger partial charge in [0.15, 0.2) is 5.13 Å². The molecule has 1 aliphatic rings. The van der Waals surface area contributed by atoms with Crippen LogP contribution in [0.25, 0.3) is 0 Å². The van der Waals surface area contributed by atoms with Crippen LogP contribution in [0.2, 0.25) is 5.02 Å². The number of fused-ring (bicyclic) bond motifs is 1. The second-order valence-corrected chi connectivity index (χ2v) is 10.3. The number of nitrogens with zero attached hydrogens (tertiary/aromatic N) is 1. The van der Waals surface area contributed by atoms with E-state index in [0.717, 1.165) is 26.0 Å². The minimum absolute atomic E-state index is 0.273. The molecule has 0 saturated heterocycles. The maximum atomic E-state index is 12.9. The number of rotatable bonds is 5. The van der Waals surface area contributed by atoms with Crippen LogP contribution in [0.4, 0.5) is 5.13 Å². The van der Waals surface area contributed by atoms with Crippen LogP contribution in [0.3, 0.4) is 0 Å². The van der Waals surface area contributed by atoms with Gasteiger partial charge < -0.3 is 4.74 Å². The number of anilines is 1. The number of carbonyl (C=O) groups is 2. The molecule has 0 fully saturated rings. The van der Waals surface area contributed by atoms with Crippen molar-refractivity contribution in [1.29, 1.82) is 0 Å². The molecule has 0 radical (unpaired) electrons. The van der Waals surface area contributed by atoms with E-state index in [9.17, 15) is 9.59 Å². The number of amides is 1. The van der Waals surface area contributed by atoms with Gasteiger partial charge in [-0.3, -0.25) is 10.1 Å². The molecule has 0 bridgehead atoms. The van der Waals surface area contributed by atoms with Crippen LogP contribution in [-0.2, 0) is 17.6 Å². The monoisotopic (exact) mass is 552 g/mol. The largest absolute Gasteiger partial charge is 0.454 e. The Balaban J connectivity index is 1.29. The molecule has 1 unspecified atom stereocenters. The number of carbonyl (C=O) groups excluding carboxylic acids is 2. The Kier molecular flexibility index (Phi) is 6.50. The fourth-order valence-corrected chi connectivity index (χ4v) is 5.15. The zero-order valence-corrected chi connectivity index (χ0v) is 20.9. The highest BCUT2D eigenvalue weighted by Crippen LogP contribution is 2.31. The average Bonchev–Trinajstić information content (AvgIpc) is 3.28. The lowest BCUT2D eigenvalue weighted by Gasteiger charge is -2.25. The van der Waals surface area contributed by atoms with E-state index in [1.54, 1.807) is 24.4 Å². The summed E-state index contributed by atoms with van der Waals surface area (Å²) < 4.78 is 6.45. The lowest BCUT2D eigenvalue weighted by atomic mass is 9.93. The molecular weight excluding hydrogens is 536 g/mol. The Hall–Kier alpha value is -3.00. The second kappa shape index (κ2) is 9.70. The predicted octanol–water partition coefficient (Wildman–Crippen LogP) is 6.86. The average molecular weight is 554 g/mol. The van der Waals surface area contributed by atoms with Crippen molar-refractivity contribution in [2.75, 3.05) is 5.32 Å². The van der Waals surface area contributed by atoms with Gasteiger partial charge in [0, 0.05) is 34.0 Å². The van der Waals surface area contributed by atoms with E-state index >= 15 is 0 Å². The number of halogens is 2. The number of thiazole rings is 1. The summed E-state index contributed by atoms with van der Waals surface area (Å²) >= 11 is 11.0. The van der Waals surface area contributed by atoms with Crippen LogP contribution in [0, 0.1) is 0 Å². The molecule has 1 amide bonds. The van der Waals surface area contributed by atoms with Gasteiger partial charge in [0.25, 0.3) is 5.91 Å². The van der Waals surface area contributed by atoms with Gasteiger partial charge in [-0.25, -0.2) is 9.78 Å². The zero-order chi connectivity index (χ0) is 23.7. The van der Waals surface area contributed by atoms with E-state index in [2.05, 4.69) is 26.2 Å². The van der Waals surface area contributed by atoms with E-state index in [1.165, 1.54) is 11.3 Å². The van der Waals surface area contributed by atoms with E-state index in [4.69, 9.17) is 16.3 Å². The second-order valence-electron chi connectivity index (χ2n) is 7.89. The summed E-state index contributed by atoms with van der Waals surface area (Å²) in [5.41, 5.74) is 3.75. The van der Waals surface area contributed by atoms with Crippen LogP contribution >= 0.6 is 38.9 Å². The summed E-state index contributed by atoms with van der Waals surface area (Å²) in [5, 5.41) is 4.03. The van der Waals surface area contributed by atoms with Gasteiger partial charge in [0.05, 0.1) is 10.6 Å². The molecule has 4 aromatic rings. The zero-order valence-electron chi connectivity index (χ0n) is 17.8. The summed E-state index contributed by atoms with van der Waals surface area (Å²) in [4.78, 5) is 30.7. The van der Waals surface area contributed by atoms with Crippen LogP contribution in [0.15, 0.2) is 77.4 Å². The van der Waals surface area contributed by atoms with E-state index in [1.807, 2.05) is 48.5 Å². The Morgan fingerprint density at radius 2 is 1.97 bits per heavy atom. The lowest BCUT2D eigenvalue weighted by molar-refractivity contribution is 0.0252. The molecule has 1 aromatic heterocycles. The summed E-state index contributed by atoms with van der Waals surface area (Å²) in [7, 11) is 0. The van der Waals surface area contributed by atoms with Gasteiger partial charge in [-0.1, -0.05) is 48.0 Å².